The van der Waals surface area contributed by atoms with Crippen molar-refractivity contribution in [2.75, 3.05) is 13.2 Å². The molecule has 0 heterocycles. The number of nitrogens with one attached hydrogen (secondary N) is 1. The largest absolute Gasteiger partial charge is 0.450 e. The summed E-state index contributed by atoms with van der Waals surface area (Å²) in [4.78, 5) is 21.4. The maximum absolute atomic E-state index is 11.8. The molecule has 0 atom stereocenters. The molecule has 0 saturated carbocycles. The van der Waals surface area contributed by atoms with E-state index in [1.807, 2.05) is 0 Å². The Balaban J connectivity index is 4.07. The summed E-state index contributed by atoms with van der Waals surface area (Å²) >= 11 is 0. The van der Waals surface area contributed by atoms with Gasteiger partial charge in [0.1, 0.15) is 0 Å². The van der Waals surface area contributed by atoms with E-state index in [9.17, 15) is 22.8 Å². The lowest BCUT2D eigenvalue weighted by Crippen LogP contribution is -2.38. The standard InChI is InChI=1S/C9H14F3NO3/c1-8(2,5-14)4-13-7(16)3-6(15)9(10,11)12/h14H,3-5H2,1-2H3,(H,13,16). The zero-order valence-corrected chi connectivity index (χ0v) is 9.02. The summed E-state index contributed by atoms with van der Waals surface area (Å²) in [5.41, 5.74) is -0.628. The van der Waals surface area contributed by atoms with Crippen LogP contribution in [0, 0.1) is 5.41 Å². The Hall–Kier alpha value is -1.11. The molecule has 0 fully saturated rings. The van der Waals surface area contributed by atoms with Crippen molar-refractivity contribution in [2.24, 2.45) is 5.41 Å². The van der Waals surface area contributed by atoms with Gasteiger partial charge >= 0.3 is 6.18 Å². The highest BCUT2D eigenvalue weighted by atomic mass is 19.4. The number of Topliss-reactive ketones (excluding diaryl/α,β-unsaturated/α-hetero) is 1. The van der Waals surface area contributed by atoms with Gasteiger partial charge in [-0.05, 0) is 0 Å². The van der Waals surface area contributed by atoms with Gasteiger partial charge in [-0.2, -0.15) is 13.2 Å². The van der Waals surface area contributed by atoms with Gasteiger partial charge in [0.15, 0.2) is 0 Å². The Morgan fingerprint density at radius 3 is 2.12 bits per heavy atom. The summed E-state index contributed by atoms with van der Waals surface area (Å²) in [5, 5.41) is 11.0. The van der Waals surface area contributed by atoms with Crippen molar-refractivity contribution < 1.29 is 27.9 Å². The first-order chi connectivity index (χ1) is 7.08. The van der Waals surface area contributed by atoms with E-state index in [4.69, 9.17) is 5.11 Å². The molecular weight excluding hydrogens is 227 g/mol. The van der Waals surface area contributed by atoms with Crippen LogP contribution in [0.5, 0.6) is 0 Å². The number of ketones is 1. The van der Waals surface area contributed by atoms with Gasteiger partial charge in [-0.25, -0.2) is 0 Å². The van der Waals surface area contributed by atoms with E-state index in [1.165, 1.54) is 0 Å². The van der Waals surface area contributed by atoms with Gasteiger partial charge in [0, 0.05) is 18.6 Å². The van der Waals surface area contributed by atoms with Crippen molar-refractivity contribution in [1.82, 2.24) is 5.32 Å². The summed E-state index contributed by atoms with van der Waals surface area (Å²) in [7, 11) is 0. The monoisotopic (exact) mass is 241 g/mol. The fourth-order valence-corrected chi connectivity index (χ4v) is 0.702. The van der Waals surface area contributed by atoms with Gasteiger partial charge in [0.05, 0.1) is 6.42 Å². The average molecular weight is 241 g/mol. The van der Waals surface area contributed by atoms with E-state index >= 15 is 0 Å². The van der Waals surface area contributed by atoms with E-state index in [2.05, 4.69) is 5.32 Å². The van der Waals surface area contributed by atoms with Crippen molar-refractivity contribution >= 4 is 11.7 Å². The molecule has 0 aromatic heterocycles. The molecule has 0 aromatic carbocycles. The zero-order valence-electron chi connectivity index (χ0n) is 9.02. The van der Waals surface area contributed by atoms with Gasteiger partial charge in [-0.1, -0.05) is 13.8 Å². The minimum Gasteiger partial charge on any atom is -0.396 e. The zero-order chi connectivity index (χ0) is 13.0. The first-order valence-corrected chi connectivity index (χ1v) is 4.56. The Morgan fingerprint density at radius 2 is 1.75 bits per heavy atom. The Kier molecular flexibility index (Phi) is 4.92. The van der Waals surface area contributed by atoms with E-state index in [1.54, 1.807) is 13.8 Å². The normalized spacial score (nSPS) is 12.4. The third-order valence-electron chi connectivity index (χ3n) is 1.83. The van der Waals surface area contributed by atoms with Crippen LogP contribution in [0.1, 0.15) is 20.3 Å². The van der Waals surface area contributed by atoms with Gasteiger partial charge < -0.3 is 10.4 Å². The summed E-state index contributed by atoms with van der Waals surface area (Å²) in [6.45, 7) is 3.03. The molecule has 0 radical (unpaired) electrons. The molecule has 94 valence electrons. The molecule has 0 spiro atoms. The van der Waals surface area contributed by atoms with Crippen LogP contribution in [0.15, 0.2) is 0 Å². The van der Waals surface area contributed by atoms with Crippen molar-refractivity contribution in [2.45, 2.75) is 26.4 Å². The Morgan fingerprint density at radius 1 is 1.25 bits per heavy atom. The number of halogens is 3. The van der Waals surface area contributed by atoms with Crippen LogP contribution in [0.4, 0.5) is 13.2 Å². The number of aliphatic hydroxyl groups excluding tert-OH is 1. The molecule has 0 rings (SSSR count). The second-order valence-corrected chi connectivity index (χ2v) is 4.20. The van der Waals surface area contributed by atoms with Gasteiger partial charge in [-0.3, -0.25) is 9.59 Å². The third-order valence-corrected chi connectivity index (χ3v) is 1.83. The molecule has 4 nitrogen and oxygen atoms in total. The second kappa shape index (κ2) is 5.29. The summed E-state index contributed by atoms with van der Waals surface area (Å²) in [5.74, 6) is -3.07. The fourth-order valence-electron chi connectivity index (χ4n) is 0.702. The number of carbonyl (C=O) groups excluding carboxylic acids is 2. The van der Waals surface area contributed by atoms with Crippen LogP contribution >= 0.6 is 0 Å². The Labute approximate surface area is 90.8 Å². The van der Waals surface area contributed by atoms with Gasteiger partial charge in [-0.15, -0.1) is 0 Å². The minimum absolute atomic E-state index is 0.00741. The maximum Gasteiger partial charge on any atom is 0.450 e. The molecule has 7 heteroatoms. The molecule has 0 bridgehead atoms. The lowest BCUT2D eigenvalue weighted by atomic mass is 9.95. The fraction of sp³-hybridized carbons (Fsp3) is 0.778. The first kappa shape index (κ1) is 14.9. The summed E-state index contributed by atoms with van der Waals surface area (Å²) in [6, 6.07) is 0. The number of alkyl halides is 3. The molecule has 0 aliphatic rings. The maximum atomic E-state index is 11.8. The molecule has 0 unspecified atom stereocenters. The van der Waals surface area contributed by atoms with E-state index in [0.717, 1.165) is 0 Å². The van der Waals surface area contributed by atoms with Crippen LogP contribution in [-0.2, 0) is 9.59 Å². The number of hydrogen-bond donors (Lipinski definition) is 2. The Bertz CT molecular complexity index is 274. The molecule has 0 aromatic rings. The first-order valence-electron chi connectivity index (χ1n) is 4.56. The summed E-state index contributed by atoms with van der Waals surface area (Å²) in [6.07, 6.45) is -6.20. The van der Waals surface area contributed by atoms with Crippen molar-refractivity contribution in [3.8, 4) is 0 Å². The van der Waals surface area contributed by atoms with Crippen molar-refractivity contribution in [1.29, 1.82) is 0 Å². The van der Waals surface area contributed by atoms with Crippen LogP contribution in [0.2, 0.25) is 0 Å². The third kappa shape index (κ3) is 5.69. The second-order valence-electron chi connectivity index (χ2n) is 4.20. The molecule has 2 N–H and O–H groups in total. The number of amides is 1. The van der Waals surface area contributed by atoms with Crippen LogP contribution < -0.4 is 5.32 Å². The number of rotatable bonds is 5. The molecule has 16 heavy (non-hydrogen) atoms. The predicted molar refractivity (Wildman–Crippen MR) is 49.6 cm³/mol. The molecule has 0 aliphatic heterocycles. The number of aliphatic hydroxyl groups is 1. The summed E-state index contributed by atoms with van der Waals surface area (Å²) < 4.78 is 35.3. The minimum atomic E-state index is -4.98. The molecular formula is C9H14F3NO3. The SMILES string of the molecule is CC(C)(CO)CNC(=O)CC(=O)C(F)(F)F. The highest BCUT2D eigenvalue weighted by molar-refractivity contribution is 6.00. The van der Waals surface area contributed by atoms with Crippen LogP contribution in [0.3, 0.4) is 0 Å². The quantitative estimate of drug-likeness (QED) is 0.694. The van der Waals surface area contributed by atoms with Gasteiger partial charge in [0.25, 0.3) is 0 Å². The molecule has 0 aliphatic carbocycles. The lowest BCUT2D eigenvalue weighted by molar-refractivity contribution is -0.172. The number of carbonyl (C=O) groups is 2. The molecule has 1 amide bonds. The number of hydrogen-bond acceptors (Lipinski definition) is 3. The van der Waals surface area contributed by atoms with Crippen LogP contribution in [0.25, 0.3) is 0 Å². The van der Waals surface area contributed by atoms with Crippen molar-refractivity contribution in [3.63, 3.8) is 0 Å². The smallest absolute Gasteiger partial charge is 0.396 e. The van der Waals surface area contributed by atoms with Crippen LogP contribution in [-0.4, -0.2) is 36.1 Å². The van der Waals surface area contributed by atoms with Crippen molar-refractivity contribution in [3.05, 3.63) is 0 Å². The highest BCUT2D eigenvalue weighted by Gasteiger charge is 2.39. The topological polar surface area (TPSA) is 66.4 Å². The predicted octanol–water partition coefficient (Wildman–Crippen LogP) is 0.643. The van der Waals surface area contributed by atoms with E-state index in [-0.39, 0.29) is 13.2 Å². The van der Waals surface area contributed by atoms with Gasteiger partial charge in [0.2, 0.25) is 11.7 Å². The molecule has 0 saturated heterocycles. The van der Waals surface area contributed by atoms with E-state index in [0.29, 0.717) is 0 Å². The average Bonchev–Trinajstić information content (AvgIpc) is 2.13. The van der Waals surface area contributed by atoms with E-state index < -0.39 is 29.7 Å². The lowest BCUT2D eigenvalue weighted by Gasteiger charge is -2.21. The highest BCUT2D eigenvalue weighted by Crippen LogP contribution is 2.17.